The highest BCUT2D eigenvalue weighted by atomic mass is 19.1. The van der Waals surface area contributed by atoms with E-state index in [9.17, 15) is 19.1 Å². The van der Waals surface area contributed by atoms with Gasteiger partial charge in [0.15, 0.2) is 0 Å². The van der Waals surface area contributed by atoms with E-state index in [1.54, 1.807) is 24.3 Å². The van der Waals surface area contributed by atoms with Gasteiger partial charge in [-0.15, -0.1) is 0 Å². The first-order chi connectivity index (χ1) is 16.4. The number of anilines is 1. The maximum atomic E-state index is 13.4. The van der Waals surface area contributed by atoms with E-state index < -0.39 is 17.7 Å². The molecule has 1 saturated heterocycles. The van der Waals surface area contributed by atoms with Gasteiger partial charge in [-0.25, -0.2) is 4.39 Å². The lowest BCUT2D eigenvalue weighted by Gasteiger charge is -2.27. The number of hydrogen-bond donors (Lipinski definition) is 1. The molecule has 1 N–H and O–H groups in total. The summed E-state index contributed by atoms with van der Waals surface area (Å²) in [5.41, 5.74) is 2.83. The van der Waals surface area contributed by atoms with Gasteiger partial charge in [0.25, 0.3) is 11.7 Å². The molecule has 34 heavy (non-hydrogen) atoms. The summed E-state index contributed by atoms with van der Waals surface area (Å²) in [6, 6.07) is 15.8. The maximum Gasteiger partial charge on any atom is 0.295 e. The van der Waals surface area contributed by atoms with E-state index in [4.69, 9.17) is 0 Å². The lowest BCUT2D eigenvalue weighted by atomic mass is 9.95. The second-order valence-electron chi connectivity index (χ2n) is 8.05. The van der Waals surface area contributed by atoms with Crippen LogP contribution in [-0.4, -0.2) is 39.8 Å². The van der Waals surface area contributed by atoms with Gasteiger partial charge in [0.05, 0.1) is 11.6 Å². The number of Topliss-reactive ketones (excluding diaryl/α,β-unsaturated/α-hetero) is 1. The Bertz CT molecular complexity index is 1200. The number of benzene rings is 2. The predicted octanol–water partition coefficient (Wildman–Crippen LogP) is 4.69. The molecular formula is C27H26FN3O3. The number of hydrogen-bond acceptors (Lipinski definition) is 5. The van der Waals surface area contributed by atoms with E-state index in [-0.39, 0.29) is 23.7 Å². The molecule has 0 spiro atoms. The molecule has 6 nitrogen and oxygen atoms in total. The fourth-order valence-electron chi connectivity index (χ4n) is 4.30. The molecule has 1 fully saturated rings. The Morgan fingerprint density at radius 3 is 2.18 bits per heavy atom. The highest BCUT2D eigenvalue weighted by Crippen LogP contribution is 2.40. The van der Waals surface area contributed by atoms with Crippen LogP contribution in [0, 0.1) is 5.82 Å². The summed E-state index contributed by atoms with van der Waals surface area (Å²) in [7, 11) is 0. The van der Waals surface area contributed by atoms with Gasteiger partial charge in [-0.05, 0) is 61.4 Å². The average Bonchev–Trinajstić information content (AvgIpc) is 3.11. The van der Waals surface area contributed by atoms with Crippen molar-refractivity contribution in [3.05, 3.63) is 101 Å². The van der Waals surface area contributed by atoms with E-state index in [0.717, 1.165) is 18.8 Å². The fourth-order valence-corrected chi connectivity index (χ4v) is 4.30. The van der Waals surface area contributed by atoms with Crippen molar-refractivity contribution < 1.29 is 19.1 Å². The zero-order chi connectivity index (χ0) is 24.2. The normalized spacial score (nSPS) is 17.3. The van der Waals surface area contributed by atoms with E-state index in [1.807, 2.05) is 24.3 Å². The minimum absolute atomic E-state index is 0.0221. The number of halogens is 1. The molecule has 1 aromatic heterocycles. The van der Waals surface area contributed by atoms with Crippen LogP contribution < -0.4 is 4.90 Å². The Hall–Kier alpha value is -4.00. The summed E-state index contributed by atoms with van der Waals surface area (Å²) in [5, 5.41) is 11.1. The minimum Gasteiger partial charge on any atom is -0.507 e. The second-order valence-corrected chi connectivity index (χ2v) is 8.05. The number of carbonyl (C=O) groups is 2. The number of aliphatic hydroxyl groups excluding tert-OH is 1. The summed E-state index contributed by atoms with van der Waals surface area (Å²) >= 11 is 0. The van der Waals surface area contributed by atoms with Crippen LogP contribution in [0.3, 0.4) is 0 Å². The van der Waals surface area contributed by atoms with E-state index >= 15 is 0 Å². The summed E-state index contributed by atoms with van der Waals surface area (Å²) < 4.78 is 13.4. The zero-order valence-electron chi connectivity index (χ0n) is 19.1. The van der Waals surface area contributed by atoms with Crippen molar-refractivity contribution >= 4 is 23.1 Å². The Morgan fingerprint density at radius 1 is 0.971 bits per heavy atom. The molecule has 3 aromatic rings. The first-order valence-electron chi connectivity index (χ1n) is 11.2. The highest BCUT2D eigenvalue weighted by molar-refractivity contribution is 6.46. The standard InChI is InChI=1S/C27H26FN3O3/c1-3-30(4-2)22-11-7-19(8-12-22)24-23(25(32)20-13-15-29-16-14-20)26(33)27(34)31(24)17-18-5-9-21(28)10-6-18/h5-16,24,32H,3-4,17H2,1-2H3/b25-23-. The predicted molar refractivity (Wildman–Crippen MR) is 128 cm³/mol. The van der Waals surface area contributed by atoms with Crippen molar-refractivity contribution in [1.82, 2.24) is 9.88 Å². The van der Waals surface area contributed by atoms with Gasteiger partial charge in [-0.2, -0.15) is 0 Å². The number of amides is 1. The molecule has 1 amide bonds. The molecule has 0 aliphatic carbocycles. The van der Waals surface area contributed by atoms with Crippen molar-refractivity contribution in [2.45, 2.75) is 26.4 Å². The van der Waals surface area contributed by atoms with Crippen LogP contribution in [0.25, 0.3) is 5.76 Å². The van der Waals surface area contributed by atoms with Crippen LogP contribution >= 0.6 is 0 Å². The largest absolute Gasteiger partial charge is 0.507 e. The average molecular weight is 460 g/mol. The quantitative estimate of drug-likeness (QED) is 0.315. The number of carbonyl (C=O) groups excluding carboxylic acids is 2. The van der Waals surface area contributed by atoms with Crippen LogP contribution in [0.2, 0.25) is 0 Å². The van der Waals surface area contributed by atoms with Gasteiger partial charge in [0, 0.05) is 43.3 Å². The van der Waals surface area contributed by atoms with Crippen LogP contribution in [0.5, 0.6) is 0 Å². The highest BCUT2D eigenvalue weighted by Gasteiger charge is 2.46. The van der Waals surface area contributed by atoms with Crippen molar-refractivity contribution in [3.63, 3.8) is 0 Å². The van der Waals surface area contributed by atoms with Gasteiger partial charge in [0.1, 0.15) is 11.6 Å². The number of ketones is 1. The van der Waals surface area contributed by atoms with Crippen molar-refractivity contribution in [1.29, 1.82) is 0 Å². The molecule has 2 heterocycles. The molecule has 1 unspecified atom stereocenters. The fraction of sp³-hybridized carbons (Fsp3) is 0.222. The topological polar surface area (TPSA) is 73.7 Å². The Balaban J connectivity index is 1.81. The van der Waals surface area contributed by atoms with Gasteiger partial charge < -0.3 is 14.9 Å². The number of rotatable bonds is 7. The molecule has 4 rings (SSSR count). The maximum absolute atomic E-state index is 13.4. The third-order valence-electron chi connectivity index (χ3n) is 6.10. The van der Waals surface area contributed by atoms with Gasteiger partial charge in [-0.1, -0.05) is 24.3 Å². The van der Waals surface area contributed by atoms with E-state index in [0.29, 0.717) is 16.7 Å². The summed E-state index contributed by atoms with van der Waals surface area (Å²) in [4.78, 5) is 33.8. The van der Waals surface area contributed by atoms with Crippen molar-refractivity contribution in [2.24, 2.45) is 0 Å². The lowest BCUT2D eigenvalue weighted by Crippen LogP contribution is -2.29. The second kappa shape index (κ2) is 9.87. The monoisotopic (exact) mass is 459 g/mol. The first-order valence-corrected chi connectivity index (χ1v) is 11.2. The molecular weight excluding hydrogens is 433 g/mol. The number of aliphatic hydroxyl groups is 1. The van der Waals surface area contributed by atoms with Crippen LogP contribution in [-0.2, 0) is 16.1 Å². The Labute approximate surface area is 198 Å². The molecule has 0 saturated carbocycles. The Morgan fingerprint density at radius 2 is 1.59 bits per heavy atom. The van der Waals surface area contributed by atoms with Gasteiger partial charge in [-0.3, -0.25) is 14.6 Å². The Kier molecular flexibility index (Phi) is 6.72. The zero-order valence-corrected chi connectivity index (χ0v) is 19.1. The van der Waals surface area contributed by atoms with Crippen molar-refractivity contribution in [3.8, 4) is 0 Å². The van der Waals surface area contributed by atoms with Crippen LogP contribution in [0.4, 0.5) is 10.1 Å². The molecule has 7 heteroatoms. The number of pyridine rings is 1. The molecule has 1 atom stereocenters. The minimum atomic E-state index is -0.788. The molecule has 174 valence electrons. The molecule has 2 aromatic carbocycles. The lowest BCUT2D eigenvalue weighted by molar-refractivity contribution is -0.140. The van der Waals surface area contributed by atoms with Crippen molar-refractivity contribution in [2.75, 3.05) is 18.0 Å². The van der Waals surface area contributed by atoms with E-state index in [1.165, 1.54) is 29.4 Å². The smallest absolute Gasteiger partial charge is 0.295 e. The van der Waals surface area contributed by atoms with E-state index in [2.05, 4.69) is 23.7 Å². The first kappa shape index (κ1) is 23.2. The SMILES string of the molecule is CCN(CC)c1ccc(C2/C(=C(/O)c3ccncc3)C(=O)C(=O)N2Cc2ccc(F)cc2)cc1. The number of nitrogens with zero attached hydrogens (tertiary/aromatic N) is 3. The van der Waals surface area contributed by atoms with Crippen LogP contribution in [0.1, 0.15) is 36.6 Å². The third kappa shape index (κ3) is 4.41. The van der Waals surface area contributed by atoms with Gasteiger partial charge in [0.2, 0.25) is 0 Å². The number of aromatic nitrogens is 1. The molecule has 0 radical (unpaired) electrons. The molecule has 1 aliphatic rings. The van der Waals surface area contributed by atoms with Gasteiger partial charge >= 0.3 is 0 Å². The summed E-state index contributed by atoms with van der Waals surface area (Å²) in [6.45, 7) is 5.94. The third-order valence-corrected chi connectivity index (χ3v) is 6.10. The summed E-state index contributed by atoms with van der Waals surface area (Å²) in [6.07, 6.45) is 3.02. The summed E-state index contributed by atoms with van der Waals surface area (Å²) in [5.74, 6) is -2.10. The number of likely N-dealkylation sites (tertiary alicyclic amines) is 1. The molecule has 0 bridgehead atoms. The molecule has 1 aliphatic heterocycles. The van der Waals surface area contributed by atoms with Crippen LogP contribution in [0.15, 0.2) is 78.6 Å².